The third kappa shape index (κ3) is 2.06. The molecule has 0 amide bonds. The summed E-state index contributed by atoms with van der Waals surface area (Å²) >= 11 is 0. The van der Waals surface area contributed by atoms with Crippen LogP contribution in [0.4, 0.5) is 0 Å². The van der Waals surface area contributed by atoms with Crippen molar-refractivity contribution < 1.29 is 4.79 Å². The SMILES string of the molecule is C=CC(=O)C(C)(CC)N1CCCCC1. The van der Waals surface area contributed by atoms with Gasteiger partial charge in [-0.3, -0.25) is 9.69 Å². The Morgan fingerprint density at radius 3 is 2.43 bits per heavy atom. The van der Waals surface area contributed by atoms with Crippen LogP contribution in [0.3, 0.4) is 0 Å². The molecule has 2 nitrogen and oxygen atoms in total. The summed E-state index contributed by atoms with van der Waals surface area (Å²) < 4.78 is 0. The van der Waals surface area contributed by atoms with Crippen LogP contribution in [0.5, 0.6) is 0 Å². The van der Waals surface area contributed by atoms with Crippen molar-refractivity contribution in [1.82, 2.24) is 4.90 Å². The van der Waals surface area contributed by atoms with E-state index in [-0.39, 0.29) is 11.3 Å². The minimum Gasteiger partial charge on any atom is -0.293 e. The fourth-order valence-electron chi connectivity index (χ4n) is 2.16. The minimum atomic E-state index is -0.303. The molecule has 1 unspecified atom stereocenters. The number of rotatable bonds is 4. The van der Waals surface area contributed by atoms with E-state index >= 15 is 0 Å². The normalized spacial score (nSPS) is 22.7. The second kappa shape index (κ2) is 4.74. The van der Waals surface area contributed by atoms with Crippen LogP contribution in [0, 0.1) is 0 Å². The lowest BCUT2D eigenvalue weighted by Crippen LogP contribution is -2.53. The largest absolute Gasteiger partial charge is 0.293 e. The van der Waals surface area contributed by atoms with E-state index in [1.165, 1.54) is 25.3 Å². The monoisotopic (exact) mass is 195 g/mol. The van der Waals surface area contributed by atoms with Crippen LogP contribution in [0.1, 0.15) is 39.5 Å². The van der Waals surface area contributed by atoms with Crippen LogP contribution in [-0.4, -0.2) is 29.3 Å². The van der Waals surface area contributed by atoms with Gasteiger partial charge in [0, 0.05) is 0 Å². The highest BCUT2D eigenvalue weighted by Crippen LogP contribution is 2.25. The maximum Gasteiger partial charge on any atom is 0.175 e. The van der Waals surface area contributed by atoms with E-state index in [2.05, 4.69) is 18.4 Å². The summed E-state index contributed by atoms with van der Waals surface area (Å²) in [6.07, 6.45) is 6.09. The number of hydrogen-bond donors (Lipinski definition) is 0. The number of carbonyl (C=O) groups is 1. The molecular weight excluding hydrogens is 174 g/mol. The highest BCUT2D eigenvalue weighted by molar-refractivity contribution is 5.97. The molecule has 14 heavy (non-hydrogen) atoms. The molecule has 80 valence electrons. The molecule has 1 aliphatic rings. The first-order chi connectivity index (χ1) is 6.65. The standard InChI is InChI=1S/C12H21NO/c1-4-11(14)12(3,5-2)13-9-7-6-8-10-13/h4H,1,5-10H2,2-3H3. The molecule has 1 heterocycles. The molecule has 0 radical (unpaired) electrons. The second-order valence-electron chi connectivity index (χ2n) is 4.24. The number of ketones is 1. The molecule has 0 aromatic heterocycles. The highest BCUT2D eigenvalue weighted by Gasteiger charge is 2.35. The lowest BCUT2D eigenvalue weighted by atomic mass is 9.89. The molecule has 1 saturated heterocycles. The van der Waals surface area contributed by atoms with Gasteiger partial charge >= 0.3 is 0 Å². The van der Waals surface area contributed by atoms with Crippen molar-refractivity contribution in [3.8, 4) is 0 Å². The lowest BCUT2D eigenvalue weighted by Gasteiger charge is -2.41. The molecule has 1 aliphatic heterocycles. The van der Waals surface area contributed by atoms with Gasteiger partial charge in [-0.1, -0.05) is 19.9 Å². The molecule has 1 rings (SSSR count). The summed E-state index contributed by atoms with van der Waals surface area (Å²) in [5, 5.41) is 0. The molecule has 0 aromatic carbocycles. The molecule has 0 saturated carbocycles. The van der Waals surface area contributed by atoms with Crippen molar-refractivity contribution in [1.29, 1.82) is 0 Å². The first-order valence-corrected chi connectivity index (χ1v) is 5.57. The van der Waals surface area contributed by atoms with Gasteiger partial charge in [0.2, 0.25) is 0 Å². The van der Waals surface area contributed by atoms with Crippen molar-refractivity contribution in [3.05, 3.63) is 12.7 Å². The summed E-state index contributed by atoms with van der Waals surface area (Å²) in [5.41, 5.74) is -0.303. The molecule has 0 spiro atoms. The van der Waals surface area contributed by atoms with Crippen molar-refractivity contribution in [2.75, 3.05) is 13.1 Å². The van der Waals surface area contributed by atoms with Crippen molar-refractivity contribution in [3.63, 3.8) is 0 Å². The van der Waals surface area contributed by atoms with Crippen LogP contribution in [0.25, 0.3) is 0 Å². The Morgan fingerprint density at radius 2 is 2.00 bits per heavy atom. The van der Waals surface area contributed by atoms with Gasteiger partial charge in [-0.2, -0.15) is 0 Å². The van der Waals surface area contributed by atoms with Crippen LogP contribution in [-0.2, 0) is 4.79 Å². The molecule has 0 bridgehead atoms. The fraction of sp³-hybridized carbons (Fsp3) is 0.750. The second-order valence-corrected chi connectivity index (χ2v) is 4.24. The quantitative estimate of drug-likeness (QED) is 0.642. The van der Waals surface area contributed by atoms with Gasteiger partial charge in [-0.05, 0) is 45.4 Å². The Labute approximate surface area is 87.0 Å². The van der Waals surface area contributed by atoms with Gasteiger partial charge in [0.1, 0.15) is 0 Å². The first kappa shape index (κ1) is 11.4. The molecule has 0 aromatic rings. The average molecular weight is 195 g/mol. The summed E-state index contributed by atoms with van der Waals surface area (Å²) in [7, 11) is 0. The van der Waals surface area contributed by atoms with Crippen LogP contribution in [0.2, 0.25) is 0 Å². The molecular formula is C12H21NO. The zero-order valence-corrected chi connectivity index (χ0v) is 9.38. The summed E-state index contributed by atoms with van der Waals surface area (Å²) in [6.45, 7) is 9.84. The number of nitrogens with zero attached hydrogens (tertiary/aromatic N) is 1. The lowest BCUT2D eigenvalue weighted by molar-refractivity contribution is -0.126. The van der Waals surface area contributed by atoms with Crippen LogP contribution in [0.15, 0.2) is 12.7 Å². The Kier molecular flexibility index (Phi) is 3.87. The third-order valence-electron chi connectivity index (χ3n) is 3.46. The summed E-state index contributed by atoms with van der Waals surface area (Å²) in [4.78, 5) is 14.1. The maximum absolute atomic E-state index is 11.8. The van der Waals surface area contributed by atoms with E-state index in [1.807, 2.05) is 6.92 Å². The smallest absolute Gasteiger partial charge is 0.175 e. The Hall–Kier alpha value is -0.630. The maximum atomic E-state index is 11.8. The van der Waals surface area contributed by atoms with E-state index in [1.54, 1.807) is 0 Å². The number of likely N-dealkylation sites (tertiary alicyclic amines) is 1. The van der Waals surface area contributed by atoms with Gasteiger partial charge in [0.05, 0.1) is 5.54 Å². The van der Waals surface area contributed by atoms with E-state index in [0.717, 1.165) is 19.5 Å². The van der Waals surface area contributed by atoms with Crippen molar-refractivity contribution in [2.24, 2.45) is 0 Å². The van der Waals surface area contributed by atoms with E-state index in [0.29, 0.717) is 0 Å². The van der Waals surface area contributed by atoms with Crippen molar-refractivity contribution >= 4 is 5.78 Å². The minimum absolute atomic E-state index is 0.168. The summed E-state index contributed by atoms with van der Waals surface area (Å²) in [5.74, 6) is 0.168. The Balaban J connectivity index is 2.76. The highest BCUT2D eigenvalue weighted by atomic mass is 16.1. The van der Waals surface area contributed by atoms with Crippen LogP contribution >= 0.6 is 0 Å². The molecule has 1 fully saturated rings. The molecule has 2 heteroatoms. The van der Waals surface area contributed by atoms with Gasteiger partial charge in [0.25, 0.3) is 0 Å². The predicted octanol–water partition coefficient (Wildman–Crippen LogP) is 2.40. The summed E-state index contributed by atoms with van der Waals surface area (Å²) in [6, 6.07) is 0. The average Bonchev–Trinajstić information content (AvgIpc) is 2.28. The third-order valence-corrected chi connectivity index (χ3v) is 3.46. The predicted molar refractivity (Wildman–Crippen MR) is 59.3 cm³/mol. The Morgan fingerprint density at radius 1 is 1.43 bits per heavy atom. The Bertz CT molecular complexity index is 218. The molecule has 0 N–H and O–H groups in total. The van der Waals surface area contributed by atoms with Gasteiger partial charge < -0.3 is 0 Å². The van der Waals surface area contributed by atoms with Crippen molar-refractivity contribution in [2.45, 2.75) is 45.1 Å². The van der Waals surface area contributed by atoms with Gasteiger partial charge in [-0.15, -0.1) is 0 Å². The van der Waals surface area contributed by atoms with Gasteiger partial charge in [-0.25, -0.2) is 0 Å². The zero-order chi connectivity index (χ0) is 10.6. The first-order valence-electron chi connectivity index (χ1n) is 5.57. The number of carbonyl (C=O) groups excluding carboxylic acids is 1. The zero-order valence-electron chi connectivity index (χ0n) is 9.38. The van der Waals surface area contributed by atoms with E-state index < -0.39 is 0 Å². The van der Waals surface area contributed by atoms with Gasteiger partial charge in [0.15, 0.2) is 5.78 Å². The topological polar surface area (TPSA) is 20.3 Å². The molecule has 0 aliphatic carbocycles. The fourth-order valence-corrected chi connectivity index (χ4v) is 2.16. The number of piperidine rings is 1. The van der Waals surface area contributed by atoms with E-state index in [9.17, 15) is 4.79 Å². The van der Waals surface area contributed by atoms with E-state index in [4.69, 9.17) is 0 Å². The van der Waals surface area contributed by atoms with Crippen LogP contribution < -0.4 is 0 Å². The molecule has 1 atom stereocenters. The number of hydrogen-bond acceptors (Lipinski definition) is 2.